The molecule has 1 aromatic heterocycles. The van der Waals surface area contributed by atoms with Crippen LogP contribution in [0.25, 0.3) is 11.5 Å². The summed E-state index contributed by atoms with van der Waals surface area (Å²) in [6.07, 6.45) is 0.712. The van der Waals surface area contributed by atoms with E-state index in [1.165, 1.54) is 0 Å². The van der Waals surface area contributed by atoms with Gasteiger partial charge in [-0.15, -0.1) is 0 Å². The molecule has 0 fully saturated rings. The maximum absolute atomic E-state index is 13.2. The van der Waals surface area contributed by atoms with Gasteiger partial charge in [0.25, 0.3) is 17.6 Å². The van der Waals surface area contributed by atoms with Crippen LogP contribution < -0.4 is 10.1 Å². The van der Waals surface area contributed by atoms with Crippen molar-refractivity contribution in [3.8, 4) is 17.2 Å². The third kappa shape index (κ3) is 8.49. The average Bonchev–Trinajstić information content (AvgIpc) is 3.16. The van der Waals surface area contributed by atoms with Crippen molar-refractivity contribution in [2.24, 2.45) is 0 Å². The third-order valence-corrected chi connectivity index (χ3v) is 3.87. The Balaban J connectivity index is 1.90. The molecule has 32 heavy (non-hydrogen) atoms. The van der Waals surface area contributed by atoms with Crippen LogP contribution in [0.4, 0.5) is 4.39 Å². The van der Waals surface area contributed by atoms with E-state index >= 15 is 0 Å². The molecule has 0 unspecified atom stereocenters. The smallest absolute Gasteiger partial charge is 0.306 e. The highest BCUT2D eigenvalue weighted by Crippen LogP contribution is 2.22. The summed E-state index contributed by atoms with van der Waals surface area (Å²) in [7, 11) is 0. The molecule has 0 spiro atoms. The van der Waals surface area contributed by atoms with Crippen molar-refractivity contribution in [2.45, 2.75) is 65.5 Å². The van der Waals surface area contributed by atoms with E-state index in [0.29, 0.717) is 23.2 Å². The second-order valence-electron chi connectivity index (χ2n) is 9.29. The van der Waals surface area contributed by atoms with Gasteiger partial charge in [-0.1, -0.05) is 5.16 Å². The molecular weight excluding hydrogens is 417 g/mol. The fourth-order valence-electron chi connectivity index (χ4n) is 2.51. The molecule has 0 saturated carbocycles. The van der Waals surface area contributed by atoms with Gasteiger partial charge in [0.1, 0.15) is 18.0 Å². The van der Waals surface area contributed by atoms with E-state index < -0.39 is 23.0 Å². The van der Waals surface area contributed by atoms with Crippen molar-refractivity contribution >= 4 is 11.9 Å². The lowest BCUT2D eigenvalue weighted by molar-refractivity contribution is -0.154. The van der Waals surface area contributed by atoms with Crippen LogP contribution in [0.3, 0.4) is 0 Å². The number of nitrogens with one attached hydrogen (secondary N) is 1. The van der Waals surface area contributed by atoms with Gasteiger partial charge in [0.15, 0.2) is 0 Å². The van der Waals surface area contributed by atoms with Gasteiger partial charge in [-0.05, 0) is 77.8 Å². The van der Waals surface area contributed by atoms with E-state index in [2.05, 4.69) is 15.5 Å². The lowest BCUT2D eigenvalue weighted by atomic mass is 10.1. The van der Waals surface area contributed by atoms with Crippen molar-refractivity contribution in [2.75, 3.05) is 6.61 Å². The van der Waals surface area contributed by atoms with Gasteiger partial charge in [0, 0.05) is 17.5 Å². The Bertz CT molecular complexity index is 953. The zero-order valence-corrected chi connectivity index (χ0v) is 19.3. The molecule has 0 aliphatic rings. The molecule has 0 aliphatic carbocycles. The zero-order chi connectivity index (χ0) is 23.9. The number of rotatable bonds is 8. The molecule has 0 radical (unpaired) electrons. The van der Waals surface area contributed by atoms with Crippen LogP contribution in [0.15, 0.2) is 40.7 Å². The minimum Gasteiger partial charge on any atom is -0.489 e. The minimum absolute atomic E-state index is 0.00365. The predicted octanol–water partition coefficient (Wildman–Crippen LogP) is 4.62. The topological polar surface area (TPSA) is 104 Å². The summed E-state index contributed by atoms with van der Waals surface area (Å²) in [6, 6.07) is 6.71. The Kier molecular flexibility index (Phi) is 8.13. The number of hydrogen-bond donors (Lipinski definition) is 1. The number of nitrogens with zero attached hydrogens (tertiary/aromatic N) is 2. The molecule has 0 atom stereocenters. The summed E-state index contributed by atoms with van der Waals surface area (Å²) in [5, 5.41) is 6.47. The summed E-state index contributed by atoms with van der Waals surface area (Å²) in [5.41, 5.74) is -0.0571. The van der Waals surface area contributed by atoms with E-state index in [4.69, 9.17) is 14.0 Å². The largest absolute Gasteiger partial charge is 0.489 e. The van der Waals surface area contributed by atoms with Crippen LogP contribution in [-0.2, 0) is 9.53 Å². The van der Waals surface area contributed by atoms with Crippen LogP contribution in [0.1, 0.15) is 65.0 Å². The minimum atomic E-state index is -0.579. The maximum atomic E-state index is 13.2. The Morgan fingerprint density at radius 3 is 2.31 bits per heavy atom. The molecule has 9 heteroatoms. The van der Waals surface area contributed by atoms with Crippen molar-refractivity contribution in [1.29, 1.82) is 0 Å². The number of amides is 1. The van der Waals surface area contributed by atoms with Crippen LogP contribution >= 0.6 is 0 Å². The highest BCUT2D eigenvalue weighted by Gasteiger charge is 2.21. The fraction of sp³-hybridized carbons (Fsp3) is 0.478. The third-order valence-electron chi connectivity index (χ3n) is 3.87. The number of aromatic nitrogens is 2. The molecule has 2 aromatic rings. The van der Waals surface area contributed by atoms with Crippen LogP contribution in [-0.4, -0.2) is 39.8 Å². The van der Waals surface area contributed by atoms with Gasteiger partial charge in [-0.2, -0.15) is 4.98 Å². The maximum Gasteiger partial charge on any atom is 0.306 e. The van der Waals surface area contributed by atoms with E-state index in [0.717, 1.165) is 0 Å². The lowest BCUT2D eigenvalue weighted by Gasteiger charge is -2.19. The quantitative estimate of drug-likeness (QED) is 0.589. The average molecular weight is 448 g/mol. The molecule has 8 nitrogen and oxygen atoms in total. The molecule has 0 aliphatic heterocycles. The van der Waals surface area contributed by atoms with Gasteiger partial charge in [-0.25, -0.2) is 4.39 Å². The standard InChI is InChI=1S/C23H30FN3O5/c1-22(2,3)26-20(29)19-25-21(32-27-19)16-8-10-17(11-9-16)30-14-15(13-24)7-12-18(28)31-23(4,5)6/h8-11,13H,7,12,14H2,1-6H3,(H,26,29)/b15-13+. The highest BCUT2D eigenvalue weighted by atomic mass is 19.1. The second kappa shape index (κ2) is 10.4. The number of hydrogen-bond acceptors (Lipinski definition) is 7. The first-order chi connectivity index (χ1) is 14.9. The number of esters is 1. The Morgan fingerprint density at radius 1 is 1.09 bits per heavy atom. The molecule has 1 aromatic carbocycles. The molecule has 1 N–H and O–H groups in total. The van der Waals surface area contributed by atoms with Gasteiger partial charge < -0.3 is 19.3 Å². The number of benzene rings is 1. The molecule has 174 valence electrons. The van der Waals surface area contributed by atoms with Crippen molar-refractivity contribution < 1.29 is 28.0 Å². The molecule has 1 heterocycles. The Labute approximate surface area is 187 Å². The summed E-state index contributed by atoms with van der Waals surface area (Å²) < 4.78 is 29.1. The summed E-state index contributed by atoms with van der Waals surface area (Å²) >= 11 is 0. The normalized spacial score (nSPS) is 12.4. The Hall–Kier alpha value is -3.23. The molecule has 2 rings (SSSR count). The SMILES string of the molecule is CC(C)(C)NC(=O)c1noc(-c2ccc(OC/C(=C/F)CCC(=O)OC(C)(C)C)cc2)n1. The van der Waals surface area contributed by atoms with Crippen LogP contribution in [0, 0.1) is 0 Å². The van der Waals surface area contributed by atoms with Crippen molar-refractivity contribution in [1.82, 2.24) is 15.5 Å². The monoisotopic (exact) mass is 447 g/mol. The van der Waals surface area contributed by atoms with Crippen LogP contribution in [0.2, 0.25) is 0 Å². The highest BCUT2D eigenvalue weighted by molar-refractivity contribution is 5.91. The van der Waals surface area contributed by atoms with Crippen molar-refractivity contribution in [3.63, 3.8) is 0 Å². The zero-order valence-electron chi connectivity index (χ0n) is 19.3. The molecule has 0 saturated heterocycles. The van der Waals surface area contributed by atoms with E-state index in [1.807, 2.05) is 20.8 Å². The molecular formula is C23H30FN3O5. The van der Waals surface area contributed by atoms with E-state index in [1.54, 1.807) is 45.0 Å². The Morgan fingerprint density at radius 2 is 1.75 bits per heavy atom. The summed E-state index contributed by atoms with van der Waals surface area (Å²) in [6.45, 7) is 10.9. The first-order valence-electron chi connectivity index (χ1n) is 10.3. The van der Waals surface area contributed by atoms with Gasteiger partial charge >= 0.3 is 5.97 Å². The van der Waals surface area contributed by atoms with Gasteiger partial charge in [-0.3, -0.25) is 9.59 Å². The van der Waals surface area contributed by atoms with E-state index in [-0.39, 0.29) is 31.2 Å². The first kappa shape index (κ1) is 25.0. The lowest BCUT2D eigenvalue weighted by Crippen LogP contribution is -2.41. The number of carbonyl (C=O) groups is 2. The van der Waals surface area contributed by atoms with Crippen molar-refractivity contribution in [3.05, 3.63) is 42.0 Å². The number of carbonyl (C=O) groups excluding carboxylic acids is 2. The number of halogens is 1. The van der Waals surface area contributed by atoms with Gasteiger partial charge in [0.05, 0.1) is 6.33 Å². The second-order valence-corrected chi connectivity index (χ2v) is 9.29. The van der Waals surface area contributed by atoms with E-state index in [9.17, 15) is 14.0 Å². The number of ether oxygens (including phenoxy) is 2. The summed E-state index contributed by atoms with van der Waals surface area (Å²) in [5.74, 6) is -0.188. The van der Waals surface area contributed by atoms with Gasteiger partial charge in [0.2, 0.25) is 0 Å². The fourth-order valence-corrected chi connectivity index (χ4v) is 2.51. The predicted molar refractivity (Wildman–Crippen MR) is 117 cm³/mol. The molecule has 1 amide bonds. The molecule has 0 bridgehead atoms. The summed E-state index contributed by atoms with van der Waals surface area (Å²) in [4.78, 5) is 28.0. The van der Waals surface area contributed by atoms with Crippen LogP contribution in [0.5, 0.6) is 5.75 Å². The first-order valence-corrected chi connectivity index (χ1v) is 10.3.